The maximum Gasteiger partial charge on any atom is 0.335 e. The smallest absolute Gasteiger partial charge is 0.335 e. The van der Waals surface area contributed by atoms with Crippen LogP contribution in [0.2, 0.25) is 0 Å². The number of carbonyl (C=O) groups is 1. The van der Waals surface area contributed by atoms with Crippen LogP contribution in [0.3, 0.4) is 0 Å². The highest BCUT2D eigenvalue weighted by molar-refractivity contribution is 5.93. The molecular formula is C20H22O2. The zero-order valence-electron chi connectivity index (χ0n) is 13.3. The van der Waals surface area contributed by atoms with E-state index in [1.165, 1.54) is 5.57 Å². The van der Waals surface area contributed by atoms with Crippen molar-refractivity contribution in [2.45, 2.75) is 39.2 Å². The molecule has 1 atom stereocenters. The van der Waals surface area contributed by atoms with Gasteiger partial charge in [-0.15, -0.1) is 12.3 Å². The number of hydrogen-bond donors (Lipinski definition) is 0. The molecule has 1 aromatic rings. The molecule has 0 aliphatic carbocycles. The maximum atomic E-state index is 12.2. The topological polar surface area (TPSA) is 26.3 Å². The van der Waals surface area contributed by atoms with E-state index in [-0.39, 0.29) is 12.1 Å². The van der Waals surface area contributed by atoms with E-state index in [1.54, 1.807) is 6.08 Å². The summed E-state index contributed by atoms with van der Waals surface area (Å²) in [6.45, 7) is 7.97. The average Bonchev–Trinajstić information content (AvgIpc) is 2.86. The molecule has 1 aliphatic heterocycles. The normalized spacial score (nSPS) is 17.0. The summed E-state index contributed by atoms with van der Waals surface area (Å²) in [4.78, 5) is 12.2. The summed E-state index contributed by atoms with van der Waals surface area (Å²) in [6, 6.07) is 9.82. The molecule has 0 N–H and O–H groups in total. The molecule has 0 aromatic heterocycles. The van der Waals surface area contributed by atoms with Crippen molar-refractivity contribution in [3.8, 4) is 0 Å². The number of rotatable bonds is 6. The number of cyclic esters (lactones) is 1. The van der Waals surface area contributed by atoms with Crippen LogP contribution in [0.4, 0.5) is 0 Å². The SMILES string of the molecule is C=CCC1=C(C=C=C(CC)CC)C(c2ccccc2)OC1=O. The van der Waals surface area contributed by atoms with Crippen LogP contribution in [-0.2, 0) is 9.53 Å². The second-order valence-corrected chi connectivity index (χ2v) is 5.22. The summed E-state index contributed by atoms with van der Waals surface area (Å²) in [7, 11) is 0. The van der Waals surface area contributed by atoms with Crippen molar-refractivity contribution in [3.63, 3.8) is 0 Å². The van der Waals surface area contributed by atoms with Gasteiger partial charge in [-0.05, 0) is 36.5 Å². The molecule has 1 aliphatic rings. The molecule has 114 valence electrons. The van der Waals surface area contributed by atoms with Crippen LogP contribution in [0.25, 0.3) is 0 Å². The van der Waals surface area contributed by atoms with Gasteiger partial charge >= 0.3 is 5.97 Å². The number of allylic oxidation sites excluding steroid dienone is 1. The molecular weight excluding hydrogens is 272 g/mol. The fraction of sp³-hybridized carbons (Fsp3) is 0.300. The highest BCUT2D eigenvalue weighted by Crippen LogP contribution is 2.37. The molecule has 0 fully saturated rings. The van der Waals surface area contributed by atoms with Gasteiger partial charge in [0.25, 0.3) is 0 Å². The predicted molar refractivity (Wildman–Crippen MR) is 89.3 cm³/mol. The Labute approximate surface area is 132 Å². The lowest BCUT2D eigenvalue weighted by Crippen LogP contribution is -2.02. The van der Waals surface area contributed by atoms with E-state index in [1.807, 2.05) is 36.4 Å². The van der Waals surface area contributed by atoms with Gasteiger partial charge in [0.2, 0.25) is 0 Å². The molecule has 0 saturated heterocycles. The molecule has 0 amide bonds. The highest BCUT2D eigenvalue weighted by atomic mass is 16.5. The zero-order valence-corrected chi connectivity index (χ0v) is 13.3. The minimum atomic E-state index is -0.342. The van der Waals surface area contributed by atoms with E-state index in [0.717, 1.165) is 24.0 Å². The van der Waals surface area contributed by atoms with Crippen LogP contribution in [-0.4, -0.2) is 5.97 Å². The van der Waals surface area contributed by atoms with Crippen molar-refractivity contribution < 1.29 is 9.53 Å². The lowest BCUT2D eigenvalue weighted by molar-refractivity contribution is -0.140. The van der Waals surface area contributed by atoms with Crippen LogP contribution in [0.5, 0.6) is 0 Å². The Morgan fingerprint density at radius 1 is 1.27 bits per heavy atom. The molecule has 22 heavy (non-hydrogen) atoms. The molecule has 1 heterocycles. The summed E-state index contributed by atoms with van der Waals surface area (Å²) in [6.07, 6.45) is 5.75. The van der Waals surface area contributed by atoms with Gasteiger partial charge in [-0.2, -0.15) is 0 Å². The second-order valence-electron chi connectivity index (χ2n) is 5.22. The Bertz CT molecular complexity index is 638. The van der Waals surface area contributed by atoms with E-state index < -0.39 is 0 Å². The number of hydrogen-bond acceptors (Lipinski definition) is 2. The Balaban J connectivity index is 2.49. The van der Waals surface area contributed by atoms with E-state index in [2.05, 4.69) is 26.2 Å². The van der Waals surface area contributed by atoms with Gasteiger partial charge in [0.1, 0.15) is 0 Å². The number of ether oxygens (including phenoxy) is 1. The van der Waals surface area contributed by atoms with Crippen LogP contribution in [0.15, 0.2) is 71.5 Å². The van der Waals surface area contributed by atoms with Crippen molar-refractivity contribution in [1.29, 1.82) is 0 Å². The Hall–Kier alpha value is -2.31. The van der Waals surface area contributed by atoms with E-state index in [0.29, 0.717) is 12.0 Å². The Morgan fingerprint density at radius 2 is 1.95 bits per heavy atom. The number of carbonyl (C=O) groups excluding carboxylic acids is 1. The molecule has 1 aromatic carbocycles. The first-order valence-corrected chi connectivity index (χ1v) is 7.75. The van der Waals surface area contributed by atoms with Crippen molar-refractivity contribution in [3.05, 3.63) is 77.1 Å². The summed E-state index contributed by atoms with van der Waals surface area (Å²) in [5, 5.41) is 0. The summed E-state index contributed by atoms with van der Waals surface area (Å²) < 4.78 is 5.58. The predicted octanol–water partition coefficient (Wildman–Crippen LogP) is 5.06. The van der Waals surface area contributed by atoms with E-state index in [9.17, 15) is 4.79 Å². The van der Waals surface area contributed by atoms with Crippen LogP contribution in [0.1, 0.15) is 44.8 Å². The quantitative estimate of drug-likeness (QED) is 0.416. The largest absolute Gasteiger partial charge is 0.449 e. The fourth-order valence-electron chi connectivity index (χ4n) is 2.54. The highest BCUT2D eigenvalue weighted by Gasteiger charge is 2.32. The maximum absolute atomic E-state index is 12.2. The van der Waals surface area contributed by atoms with Gasteiger partial charge in [0, 0.05) is 11.1 Å². The summed E-state index contributed by atoms with van der Waals surface area (Å²) in [5.41, 5.74) is 7.14. The lowest BCUT2D eigenvalue weighted by Gasteiger charge is -2.11. The Morgan fingerprint density at radius 3 is 2.55 bits per heavy atom. The first kappa shape index (κ1) is 16.1. The lowest BCUT2D eigenvalue weighted by atomic mass is 9.97. The summed E-state index contributed by atoms with van der Waals surface area (Å²) in [5.74, 6) is -0.253. The van der Waals surface area contributed by atoms with Gasteiger partial charge in [-0.3, -0.25) is 0 Å². The van der Waals surface area contributed by atoms with Crippen molar-refractivity contribution >= 4 is 5.97 Å². The third-order valence-electron chi connectivity index (χ3n) is 3.84. The van der Waals surface area contributed by atoms with E-state index in [4.69, 9.17) is 4.74 Å². The molecule has 2 rings (SSSR count). The molecule has 1 unspecified atom stereocenters. The minimum Gasteiger partial charge on any atom is -0.449 e. The van der Waals surface area contributed by atoms with E-state index >= 15 is 0 Å². The number of benzene rings is 1. The van der Waals surface area contributed by atoms with Crippen molar-refractivity contribution in [1.82, 2.24) is 0 Å². The van der Waals surface area contributed by atoms with Gasteiger partial charge in [-0.25, -0.2) is 4.79 Å². The molecule has 0 spiro atoms. The average molecular weight is 294 g/mol. The Kier molecular flexibility index (Phi) is 5.57. The number of esters is 1. The van der Waals surface area contributed by atoms with Gasteiger partial charge in [0.15, 0.2) is 6.10 Å². The molecule has 0 radical (unpaired) electrons. The third kappa shape index (κ3) is 3.47. The molecule has 0 bridgehead atoms. The summed E-state index contributed by atoms with van der Waals surface area (Å²) >= 11 is 0. The first-order chi connectivity index (χ1) is 10.7. The monoisotopic (exact) mass is 294 g/mol. The van der Waals surface area contributed by atoms with Crippen molar-refractivity contribution in [2.75, 3.05) is 0 Å². The molecule has 2 nitrogen and oxygen atoms in total. The van der Waals surface area contributed by atoms with Gasteiger partial charge < -0.3 is 4.74 Å². The molecule has 0 saturated carbocycles. The van der Waals surface area contributed by atoms with Crippen LogP contribution < -0.4 is 0 Å². The zero-order chi connectivity index (χ0) is 15.9. The second kappa shape index (κ2) is 7.63. The van der Waals surface area contributed by atoms with Crippen molar-refractivity contribution in [2.24, 2.45) is 0 Å². The fourth-order valence-corrected chi connectivity index (χ4v) is 2.54. The van der Waals surface area contributed by atoms with Gasteiger partial charge in [0.05, 0.1) is 0 Å². The third-order valence-corrected chi connectivity index (χ3v) is 3.84. The van der Waals surface area contributed by atoms with Crippen LogP contribution in [0, 0.1) is 0 Å². The van der Waals surface area contributed by atoms with Crippen LogP contribution >= 0.6 is 0 Å². The van der Waals surface area contributed by atoms with Gasteiger partial charge in [-0.1, -0.05) is 50.3 Å². The first-order valence-electron chi connectivity index (χ1n) is 7.75. The standard InChI is InChI=1S/C20H22O2/c1-4-10-18-17(14-13-15(5-2)6-3)19(22-20(18)21)16-11-8-7-9-12-16/h4,7-9,11-12,14,19H,1,5-6,10H2,2-3H3. The minimum absolute atomic E-state index is 0.253. The molecule has 2 heteroatoms.